The van der Waals surface area contributed by atoms with Gasteiger partial charge in [0.1, 0.15) is 5.82 Å². The Hall–Kier alpha value is -0.640. The molecule has 1 aliphatic rings. The molecule has 0 spiro atoms. The predicted octanol–water partition coefficient (Wildman–Crippen LogP) is 2.99. The Morgan fingerprint density at radius 2 is 2.41 bits per heavy atom. The Kier molecular flexibility index (Phi) is 4.37. The van der Waals surface area contributed by atoms with Crippen molar-refractivity contribution in [3.05, 3.63) is 34.6 Å². The lowest BCUT2D eigenvalue weighted by atomic mass is 10.0. The number of benzene rings is 1. The van der Waals surface area contributed by atoms with Crippen LogP contribution in [0, 0.1) is 11.7 Å². The van der Waals surface area contributed by atoms with Gasteiger partial charge in [-0.2, -0.15) is 0 Å². The van der Waals surface area contributed by atoms with Crippen molar-refractivity contribution in [1.29, 1.82) is 0 Å². The van der Waals surface area contributed by atoms with Crippen LogP contribution in [-0.4, -0.2) is 19.3 Å². The van der Waals surface area contributed by atoms with Crippen LogP contribution in [0.5, 0.6) is 0 Å². The molecule has 1 aliphatic heterocycles. The van der Waals surface area contributed by atoms with Gasteiger partial charge in [0, 0.05) is 29.8 Å². The Morgan fingerprint density at radius 3 is 3.12 bits per heavy atom. The number of hydrogen-bond donors (Lipinski definition) is 1. The third-order valence-corrected chi connectivity index (χ3v) is 3.53. The van der Waals surface area contributed by atoms with Crippen LogP contribution in [0.1, 0.15) is 18.9 Å². The molecule has 1 aromatic carbocycles. The van der Waals surface area contributed by atoms with Crippen LogP contribution < -0.4 is 5.32 Å². The van der Waals surface area contributed by atoms with Gasteiger partial charge in [0.15, 0.2) is 0 Å². The average molecular weight is 258 g/mol. The van der Waals surface area contributed by atoms with Gasteiger partial charge in [-0.3, -0.25) is 0 Å². The maximum atomic E-state index is 13.5. The molecule has 0 saturated carbocycles. The van der Waals surface area contributed by atoms with Crippen molar-refractivity contribution < 1.29 is 9.13 Å². The topological polar surface area (TPSA) is 21.3 Å². The molecule has 94 valence electrons. The minimum Gasteiger partial charge on any atom is -0.381 e. The second kappa shape index (κ2) is 5.80. The molecule has 0 unspecified atom stereocenters. The molecule has 2 atom stereocenters. The smallest absolute Gasteiger partial charge is 0.127 e. The Balaban J connectivity index is 1.90. The van der Waals surface area contributed by atoms with Gasteiger partial charge in [-0.05, 0) is 37.5 Å². The quantitative estimate of drug-likeness (QED) is 0.895. The lowest BCUT2D eigenvalue weighted by Gasteiger charge is -2.19. The number of nitrogens with one attached hydrogen (secondary N) is 1. The second-order valence-corrected chi connectivity index (χ2v) is 4.97. The molecule has 0 radical (unpaired) electrons. The van der Waals surface area contributed by atoms with Gasteiger partial charge in [-0.1, -0.05) is 11.6 Å². The van der Waals surface area contributed by atoms with E-state index in [2.05, 4.69) is 12.2 Å². The summed E-state index contributed by atoms with van der Waals surface area (Å²) in [6.07, 6.45) is 1.08. The molecule has 2 nitrogen and oxygen atoms in total. The first-order valence-electron chi connectivity index (χ1n) is 5.92. The normalized spacial score (nSPS) is 21.7. The van der Waals surface area contributed by atoms with Gasteiger partial charge in [-0.25, -0.2) is 4.39 Å². The van der Waals surface area contributed by atoms with E-state index < -0.39 is 0 Å². The lowest BCUT2D eigenvalue weighted by molar-refractivity contribution is 0.178. The summed E-state index contributed by atoms with van der Waals surface area (Å²) in [5.41, 5.74) is 0.614. The first-order chi connectivity index (χ1) is 8.16. The van der Waals surface area contributed by atoms with E-state index in [-0.39, 0.29) is 5.82 Å². The maximum Gasteiger partial charge on any atom is 0.127 e. The fourth-order valence-corrected chi connectivity index (χ4v) is 2.26. The molecule has 0 bridgehead atoms. The van der Waals surface area contributed by atoms with Crippen LogP contribution in [0.15, 0.2) is 18.2 Å². The largest absolute Gasteiger partial charge is 0.381 e. The van der Waals surface area contributed by atoms with Crippen LogP contribution >= 0.6 is 11.6 Å². The second-order valence-electron chi connectivity index (χ2n) is 4.53. The molecule has 1 heterocycles. The van der Waals surface area contributed by atoms with Crippen LogP contribution in [0.3, 0.4) is 0 Å². The lowest BCUT2D eigenvalue weighted by Crippen LogP contribution is -2.33. The van der Waals surface area contributed by atoms with Crippen molar-refractivity contribution in [2.75, 3.05) is 13.2 Å². The average Bonchev–Trinajstić information content (AvgIpc) is 2.83. The fourth-order valence-electron chi connectivity index (χ4n) is 2.06. The Morgan fingerprint density at radius 1 is 1.59 bits per heavy atom. The Labute approximate surface area is 106 Å². The van der Waals surface area contributed by atoms with Crippen LogP contribution in [0.2, 0.25) is 5.02 Å². The number of halogens is 2. The first-order valence-corrected chi connectivity index (χ1v) is 6.29. The fraction of sp³-hybridized carbons (Fsp3) is 0.538. The molecule has 0 amide bonds. The van der Waals surface area contributed by atoms with Crippen LogP contribution in [-0.2, 0) is 11.3 Å². The molecule has 4 heteroatoms. The van der Waals surface area contributed by atoms with Gasteiger partial charge in [0.2, 0.25) is 0 Å². The predicted molar refractivity (Wildman–Crippen MR) is 66.6 cm³/mol. The molecule has 17 heavy (non-hydrogen) atoms. The number of rotatable bonds is 4. The zero-order chi connectivity index (χ0) is 12.3. The van der Waals surface area contributed by atoms with Gasteiger partial charge in [0.05, 0.1) is 6.61 Å². The van der Waals surface area contributed by atoms with Gasteiger partial charge < -0.3 is 10.1 Å². The minimum atomic E-state index is -0.211. The summed E-state index contributed by atoms with van der Waals surface area (Å²) in [6, 6.07) is 4.97. The number of ether oxygens (including phenoxy) is 1. The van der Waals surface area contributed by atoms with E-state index in [0.29, 0.717) is 29.1 Å². The summed E-state index contributed by atoms with van der Waals surface area (Å²) in [5, 5.41) is 3.90. The van der Waals surface area contributed by atoms with Gasteiger partial charge in [-0.15, -0.1) is 0 Å². The molecule has 1 fully saturated rings. The van der Waals surface area contributed by atoms with Crippen LogP contribution in [0.25, 0.3) is 0 Å². The molecule has 0 aliphatic carbocycles. The zero-order valence-corrected chi connectivity index (χ0v) is 10.6. The molecular formula is C13H17ClFNO. The molecule has 1 N–H and O–H groups in total. The maximum absolute atomic E-state index is 13.5. The van der Waals surface area contributed by atoms with Gasteiger partial charge >= 0.3 is 0 Å². The highest BCUT2D eigenvalue weighted by Gasteiger charge is 2.21. The van der Waals surface area contributed by atoms with Crippen molar-refractivity contribution in [1.82, 2.24) is 5.32 Å². The van der Waals surface area contributed by atoms with E-state index in [1.54, 1.807) is 12.1 Å². The van der Waals surface area contributed by atoms with E-state index in [9.17, 15) is 4.39 Å². The minimum absolute atomic E-state index is 0.211. The van der Waals surface area contributed by atoms with E-state index in [1.165, 1.54) is 6.07 Å². The molecule has 2 rings (SSSR count). The summed E-state index contributed by atoms with van der Waals surface area (Å²) in [5.74, 6) is 0.314. The number of hydrogen-bond acceptors (Lipinski definition) is 2. The third kappa shape index (κ3) is 3.41. The summed E-state index contributed by atoms with van der Waals surface area (Å²) < 4.78 is 18.8. The van der Waals surface area contributed by atoms with Crippen molar-refractivity contribution >= 4 is 11.6 Å². The first kappa shape index (κ1) is 12.8. The summed E-state index contributed by atoms with van der Waals surface area (Å²) >= 11 is 5.84. The highest BCUT2D eigenvalue weighted by Crippen LogP contribution is 2.18. The van der Waals surface area contributed by atoms with Crippen molar-refractivity contribution in [2.24, 2.45) is 5.92 Å². The summed E-state index contributed by atoms with van der Waals surface area (Å²) in [6.45, 7) is 4.25. The SMILES string of the molecule is C[C@H](NCc1cc(Cl)ccc1F)[C@H]1CCOC1. The Bertz CT molecular complexity index is 380. The molecule has 1 saturated heterocycles. The van der Waals surface area contributed by atoms with Crippen molar-refractivity contribution in [3.63, 3.8) is 0 Å². The standard InChI is InChI=1S/C13H17ClFNO/c1-9(10-4-5-17-8-10)16-7-11-6-12(14)2-3-13(11)15/h2-3,6,9-10,16H,4-5,7-8H2,1H3/t9-,10-/m0/s1. The monoisotopic (exact) mass is 257 g/mol. The third-order valence-electron chi connectivity index (χ3n) is 3.29. The van der Waals surface area contributed by atoms with Crippen molar-refractivity contribution in [2.45, 2.75) is 25.9 Å². The van der Waals surface area contributed by atoms with Gasteiger partial charge in [0.25, 0.3) is 0 Å². The van der Waals surface area contributed by atoms with Crippen molar-refractivity contribution in [3.8, 4) is 0 Å². The van der Waals surface area contributed by atoms with E-state index in [4.69, 9.17) is 16.3 Å². The molecular weight excluding hydrogens is 241 g/mol. The van der Waals surface area contributed by atoms with E-state index in [1.807, 2.05) is 0 Å². The zero-order valence-electron chi connectivity index (χ0n) is 9.88. The molecule has 1 aromatic rings. The highest BCUT2D eigenvalue weighted by atomic mass is 35.5. The highest BCUT2D eigenvalue weighted by molar-refractivity contribution is 6.30. The van der Waals surface area contributed by atoms with Crippen LogP contribution in [0.4, 0.5) is 4.39 Å². The van der Waals surface area contributed by atoms with E-state index in [0.717, 1.165) is 19.6 Å². The summed E-state index contributed by atoms with van der Waals surface area (Å²) in [4.78, 5) is 0. The molecule has 0 aromatic heterocycles. The van der Waals surface area contributed by atoms with E-state index >= 15 is 0 Å². The summed E-state index contributed by atoms with van der Waals surface area (Å²) in [7, 11) is 0.